The summed E-state index contributed by atoms with van der Waals surface area (Å²) in [5.41, 5.74) is 9.92. The third kappa shape index (κ3) is 22.1. The van der Waals surface area contributed by atoms with Gasteiger partial charge in [-0.2, -0.15) is 0 Å². The zero-order chi connectivity index (χ0) is 61.0. The van der Waals surface area contributed by atoms with E-state index in [1.807, 2.05) is 97.9 Å². The maximum Gasteiger partial charge on any atom is 0.336 e. The average molecular weight is 1150 g/mol. The molecule has 0 unspecified atom stereocenters. The van der Waals surface area contributed by atoms with Gasteiger partial charge in [-0.05, 0) is 208 Å². The molecule has 448 valence electrons. The van der Waals surface area contributed by atoms with Crippen LogP contribution in [0.5, 0.6) is 28.7 Å². The number of carbonyl (C=O) groups excluding carboxylic acids is 4. The molecule has 0 amide bonds. The van der Waals surface area contributed by atoms with Crippen LogP contribution in [0.2, 0.25) is 0 Å². The number of aryl methyl sites for hydroxylation is 2. The van der Waals surface area contributed by atoms with Crippen LogP contribution in [0.3, 0.4) is 0 Å². The Labute approximate surface area is 503 Å². The second-order valence-corrected chi connectivity index (χ2v) is 21.7. The smallest absolute Gasteiger partial charge is 0.336 e. The van der Waals surface area contributed by atoms with Gasteiger partial charge in [-0.1, -0.05) is 113 Å². The Morgan fingerprint density at radius 1 is 0.435 bits per heavy atom. The van der Waals surface area contributed by atoms with Crippen LogP contribution in [0.1, 0.15) is 116 Å². The molecule has 0 fully saturated rings. The van der Waals surface area contributed by atoms with Gasteiger partial charge in [0.1, 0.15) is 42.0 Å². The van der Waals surface area contributed by atoms with E-state index >= 15 is 0 Å². The highest BCUT2D eigenvalue weighted by Gasteiger charge is 2.29. The Bertz CT molecular complexity index is 3160. The summed E-state index contributed by atoms with van der Waals surface area (Å²) in [6.07, 6.45) is 13.1. The molecule has 0 radical (unpaired) electrons. The van der Waals surface area contributed by atoms with E-state index in [0.717, 1.165) is 120 Å². The zero-order valence-electron chi connectivity index (χ0n) is 50.6. The van der Waals surface area contributed by atoms with E-state index in [1.54, 1.807) is 26.8 Å². The number of esters is 4. The first-order chi connectivity index (χ1) is 41.0. The van der Waals surface area contributed by atoms with Gasteiger partial charge >= 0.3 is 23.9 Å². The molecule has 6 aromatic rings. The number of hydrogen-bond acceptors (Lipinski definition) is 12. The highest BCUT2D eigenvalue weighted by Crippen LogP contribution is 2.32. The van der Waals surface area contributed by atoms with E-state index in [0.29, 0.717) is 56.5 Å². The summed E-state index contributed by atoms with van der Waals surface area (Å²) < 4.78 is 46.1. The van der Waals surface area contributed by atoms with Gasteiger partial charge in [0.15, 0.2) is 0 Å². The van der Waals surface area contributed by atoms with E-state index < -0.39 is 23.3 Å². The molecule has 0 aliphatic heterocycles. The minimum atomic E-state index is -0.691. The summed E-state index contributed by atoms with van der Waals surface area (Å²) in [5, 5.41) is 0. The van der Waals surface area contributed by atoms with Crippen LogP contribution < -0.4 is 23.7 Å². The molecule has 12 nitrogen and oxygen atoms in total. The SMILES string of the molecule is C=C(C)C(=O)OCCCCCCOc1ccc(-c2ccc(OCCCCCCOc3ccc(-c4ccc(OC(=O)/C=C/c5ccc(-c6ccc(OCCC(C)(COC(=O)C(=C)C)COC(=O)C(=C)C)cc6)cc5)cc4)c(CC)c3)c(CC)c2)cc1. The monoisotopic (exact) mass is 1150 g/mol. The number of hydrogen-bond donors (Lipinski definition) is 0. The highest BCUT2D eigenvalue weighted by molar-refractivity contribution is 5.89. The molecule has 0 aromatic heterocycles. The molecular weight excluding hydrogens is 1070 g/mol. The summed E-state index contributed by atoms with van der Waals surface area (Å²) in [6, 6.07) is 44.0. The molecular formula is C73H84O12. The molecule has 0 N–H and O–H groups in total. The van der Waals surface area contributed by atoms with Crippen molar-refractivity contribution in [3.8, 4) is 62.1 Å². The van der Waals surface area contributed by atoms with Crippen molar-refractivity contribution in [1.82, 2.24) is 0 Å². The van der Waals surface area contributed by atoms with E-state index in [4.69, 9.17) is 37.9 Å². The van der Waals surface area contributed by atoms with Gasteiger partial charge in [0.2, 0.25) is 0 Å². The van der Waals surface area contributed by atoms with Crippen molar-refractivity contribution in [2.45, 2.75) is 112 Å². The quantitative estimate of drug-likeness (QED) is 0.0121. The molecule has 0 spiro atoms. The van der Waals surface area contributed by atoms with Crippen molar-refractivity contribution in [2.24, 2.45) is 5.41 Å². The van der Waals surface area contributed by atoms with Gasteiger partial charge in [-0.3, -0.25) is 0 Å². The Kier molecular flexibility index (Phi) is 26.4. The molecule has 6 rings (SSSR count). The second kappa shape index (κ2) is 34.2. The van der Waals surface area contributed by atoms with Crippen molar-refractivity contribution in [3.05, 3.63) is 193 Å². The summed E-state index contributed by atoms with van der Waals surface area (Å²) >= 11 is 0. The number of unbranched alkanes of at least 4 members (excludes halogenated alkanes) is 6. The molecule has 0 atom stereocenters. The predicted molar refractivity (Wildman–Crippen MR) is 338 cm³/mol. The zero-order valence-corrected chi connectivity index (χ0v) is 50.6. The second-order valence-electron chi connectivity index (χ2n) is 21.7. The maximum absolute atomic E-state index is 12.9. The van der Waals surface area contributed by atoms with Gasteiger partial charge in [0, 0.05) is 28.2 Å². The summed E-state index contributed by atoms with van der Waals surface area (Å²) in [5.74, 6) is 1.95. The Morgan fingerprint density at radius 3 is 1.41 bits per heavy atom. The fraction of sp³-hybridized carbons (Fsp3) is 0.342. The maximum atomic E-state index is 12.9. The Morgan fingerprint density at radius 2 is 0.871 bits per heavy atom. The van der Waals surface area contributed by atoms with Crippen molar-refractivity contribution < 1.29 is 57.1 Å². The fourth-order valence-electron chi connectivity index (χ4n) is 8.99. The first-order valence-electron chi connectivity index (χ1n) is 29.6. The minimum absolute atomic E-state index is 0.0287. The molecule has 0 aliphatic carbocycles. The van der Waals surface area contributed by atoms with Gasteiger partial charge in [0.25, 0.3) is 0 Å². The molecule has 12 heteroatoms. The van der Waals surface area contributed by atoms with Crippen LogP contribution in [-0.2, 0) is 46.2 Å². The van der Waals surface area contributed by atoms with Crippen molar-refractivity contribution in [3.63, 3.8) is 0 Å². The van der Waals surface area contributed by atoms with E-state index in [9.17, 15) is 19.2 Å². The standard InChI is InChI=1S/C73H84O12/c1-10-56-49-66(79-44-17-12-14-18-45-81-68-40-31-62(48-57(68)11-2)60-27-34-63(35-28-60)78-43-16-13-15-19-46-82-70(75)52(3)4)38-39-67(56)61-29-36-65(37-30-61)85-69(74)41-22-55-20-23-58(24-21-55)59-25-32-64(33-26-59)80-47-42-73(9,50-83-71(76)53(5)6)51-84-72(77)54(7)8/h20-41,48-49H,3,5,7,10-19,42-47,50-51H2,1-2,4,6,8-9H3/b41-22+. The minimum Gasteiger partial charge on any atom is -0.494 e. The van der Waals surface area contributed by atoms with Crippen molar-refractivity contribution >= 4 is 30.0 Å². The van der Waals surface area contributed by atoms with Crippen LogP contribution in [0, 0.1) is 5.41 Å². The van der Waals surface area contributed by atoms with Gasteiger partial charge < -0.3 is 37.9 Å². The third-order valence-electron chi connectivity index (χ3n) is 14.2. The van der Waals surface area contributed by atoms with E-state index in [-0.39, 0.29) is 30.3 Å². The van der Waals surface area contributed by atoms with Crippen LogP contribution in [-0.4, -0.2) is 70.1 Å². The fourth-order valence-corrected chi connectivity index (χ4v) is 8.99. The first kappa shape index (κ1) is 65.5. The normalized spacial score (nSPS) is 11.1. The molecule has 0 saturated carbocycles. The van der Waals surface area contributed by atoms with E-state index in [2.05, 4.69) is 76.0 Å². The largest absolute Gasteiger partial charge is 0.494 e. The molecule has 85 heavy (non-hydrogen) atoms. The molecule has 6 aromatic carbocycles. The lowest BCUT2D eigenvalue weighted by Crippen LogP contribution is -2.33. The third-order valence-corrected chi connectivity index (χ3v) is 14.2. The summed E-state index contributed by atoms with van der Waals surface area (Å²) in [6.45, 7) is 24.6. The number of benzene rings is 6. The molecule has 0 saturated heterocycles. The lowest BCUT2D eigenvalue weighted by Gasteiger charge is -2.28. The number of carbonyl (C=O) groups is 4. The average Bonchev–Trinajstić information content (AvgIpc) is 3.44. The van der Waals surface area contributed by atoms with Crippen molar-refractivity contribution in [1.29, 1.82) is 0 Å². The number of ether oxygens (including phenoxy) is 8. The van der Waals surface area contributed by atoms with E-state index in [1.165, 1.54) is 17.2 Å². The van der Waals surface area contributed by atoms with Crippen LogP contribution in [0.15, 0.2) is 176 Å². The van der Waals surface area contributed by atoms with Gasteiger partial charge in [0.05, 0.1) is 33.0 Å². The van der Waals surface area contributed by atoms with Gasteiger partial charge in [-0.15, -0.1) is 0 Å². The lowest BCUT2D eigenvalue weighted by atomic mass is 9.89. The molecule has 0 aliphatic rings. The van der Waals surface area contributed by atoms with Crippen LogP contribution >= 0.6 is 0 Å². The van der Waals surface area contributed by atoms with Crippen LogP contribution in [0.4, 0.5) is 0 Å². The topological polar surface area (TPSA) is 142 Å². The summed E-state index contributed by atoms with van der Waals surface area (Å²) in [4.78, 5) is 48.5. The predicted octanol–water partition coefficient (Wildman–Crippen LogP) is 16.5. The van der Waals surface area contributed by atoms with Crippen LogP contribution in [0.25, 0.3) is 39.5 Å². The Balaban J connectivity index is 0.860. The highest BCUT2D eigenvalue weighted by atomic mass is 16.6. The van der Waals surface area contributed by atoms with Gasteiger partial charge in [-0.25, -0.2) is 19.2 Å². The first-order valence-corrected chi connectivity index (χ1v) is 29.6. The lowest BCUT2D eigenvalue weighted by molar-refractivity contribution is -0.149. The van der Waals surface area contributed by atoms with Crippen molar-refractivity contribution in [2.75, 3.05) is 46.2 Å². The molecule has 0 heterocycles. The Hall–Kier alpha value is -8.64. The summed E-state index contributed by atoms with van der Waals surface area (Å²) in [7, 11) is 0. The molecule has 0 bridgehead atoms. The number of rotatable bonds is 36.